The second kappa shape index (κ2) is 15.3. The molecule has 4 aliphatic heterocycles. The number of fused-ring (bicyclic) bond motifs is 2. The van der Waals surface area contributed by atoms with Gasteiger partial charge < -0.3 is 25.7 Å². The van der Waals surface area contributed by atoms with E-state index >= 15 is 0 Å². The van der Waals surface area contributed by atoms with Gasteiger partial charge in [-0.2, -0.15) is 4.99 Å². The number of hydrogen-bond acceptors (Lipinski definition) is 11. The highest BCUT2D eigenvalue weighted by molar-refractivity contribution is 6.19. The predicted octanol–water partition coefficient (Wildman–Crippen LogP) is -0.00610. The van der Waals surface area contributed by atoms with E-state index in [4.69, 9.17) is 0 Å². The highest BCUT2D eigenvalue weighted by Crippen LogP contribution is 2.28. The van der Waals surface area contributed by atoms with Crippen LogP contribution in [0.15, 0.2) is 20.0 Å². The number of aliphatic hydroxyl groups excluding tert-OH is 4. The van der Waals surface area contributed by atoms with E-state index in [-0.39, 0.29) is 47.4 Å². The number of carbonyl (C=O) groups is 3. The molecule has 3 amide bonds. The van der Waals surface area contributed by atoms with Crippen molar-refractivity contribution in [3.05, 3.63) is 0 Å². The third-order valence-electron chi connectivity index (χ3n) is 8.67. The van der Waals surface area contributed by atoms with Crippen LogP contribution < -0.4 is 16.0 Å². The molecule has 4 heterocycles. The monoisotopic (exact) mass is 619 g/mol. The number of guanidine groups is 1. The Hall–Kier alpha value is -3.07. The maximum Gasteiger partial charge on any atom is 0.237 e. The van der Waals surface area contributed by atoms with Gasteiger partial charge in [0.05, 0.1) is 36.3 Å². The van der Waals surface area contributed by atoms with Crippen molar-refractivity contribution in [1.29, 1.82) is 0 Å². The van der Waals surface area contributed by atoms with Gasteiger partial charge in [0, 0.05) is 37.3 Å². The van der Waals surface area contributed by atoms with Crippen LogP contribution >= 0.6 is 0 Å². The molecule has 0 aliphatic carbocycles. The normalized spacial score (nSPS) is 28.2. The molecule has 0 radical (unpaired) electrons. The summed E-state index contributed by atoms with van der Waals surface area (Å²) in [6, 6.07) is 0. The van der Waals surface area contributed by atoms with Crippen molar-refractivity contribution in [2.45, 2.75) is 92.1 Å². The van der Waals surface area contributed by atoms with Crippen LogP contribution in [0.3, 0.4) is 0 Å². The number of amidine groups is 3. The minimum Gasteiger partial charge on any atom is -0.391 e. The fraction of sp³-hybridized carbons (Fsp3) is 0.767. The van der Waals surface area contributed by atoms with Crippen LogP contribution in [0.5, 0.6) is 0 Å². The Bertz CT molecular complexity index is 1190. The Morgan fingerprint density at radius 2 is 1.27 bits per heavy atom. The maximum absolute atomic E-state index is 12.3. The zero-order valence-electron chi connectivity index (χ0n) is 26.7. The van der Waals surface area contributed by atoms with Crippen LogP contribution in [-0.4, -0.2) is 99.1 Å². The second-order valence-corrected chi connectivity index (χ2v) is 13.0. The first-order valence-corrected chi connectivity index (χ1v) is 15.5. The molecule has 7 N–H and O–H groups in total. The lowest BCUT2D eigenvalue weighted by molar-refractivity contribution is -0.124. The molecule has 0 spiro atoms. The summed E-state index contributed by atoms with van der Waals surface area (Å²) in [6.07, 6.45) is -2.28. The topological polar surface area (TPSA) is 218 Å². The summed E-state index contributed by atoms with van der Waals surface area (Å²) in [7, 11) is 0. The molecule has 0 bridgehead atoms. The van der Waals surface area contributed by atoms with E-state index in [1.165, 1.54) is 6.92 Å². The first kappa shape index (κ1) is 35.4. The molecule has 4 rings (SSSR count). The molecule has 3 unspecified atom stereocenters. The van der Waals surface area contributed by atoms with Gasteiger partial charge in [-0.15, -0.1) is 0 Å². The van der Waals surface area contributed by atoms with Gasteiger partial charge in [0.25, 0.3) is 0 Å². The highest BCUT2D eigenvalue weighted by atomic mass is 16.3. The second-order valence-electron chi connectivity index (χ2n) is 13.0. The van der Waals surface area contributed by atoms with Crippen molar-refractivity contribution < 1.29 is 34.8 Å². The number of aliphatic hydroxyl groups is 4. The van der Waals surface area contributed by atoms with Gasteiger partial charge in [0.2, 0.25) is 23.7 Å². The summed E-state index contributed by atoms with van der Waals surface area (Å²) >= 11 is 0. The Kier molecular flexibility index (Phi) is 12.3. The lowest BCUT2D eigenvalue weighted by Gasteiger charge is -2.33. The SMILES string of the molecule is CC(C)C(C)CC(=O)NC1=NC2=NC[C@H]([C@@H](O)[C@H](C)O)CC2C(=O)N1.CC(C)C1=NC2=NC[C@H]([C@@H](O)[C@H](C)O)CC2C(=O)N1. The third kappa shape index (κ3) is 8.99. The number of rotatable bonds is 8. The van der Waals surface area contributed by atoms with E-state index in [9.17, 15) is 34.8 Å². The molecule has 0 saturated carbocycles. The molecule has 9 atom stereocenters. The van der Waals surface area contributed by atoms with Crippen molar-refractivity contribution in [2.75, 3.05) is 13.1 Å². The van der Waals surface area contributed by atoms with Crippen molar-refractivity contribution >= 4 is 41.2 Å². The van der Waals surface area contributed by atoms with Crippen LogP contribution in [-0.2, 0) is 14.4 Å². The van der Waals surface area contributed by atoms with E-state index in [0.717, 1.165) is 0 Å². The first-order valence-electron chi connectivity index (χ1n) is 15.5. The number of hydrogen-bond donors (Lipinski definition) is 7. The molecule has 0 aromatic carbocycles. The molecule has 14 heteroatoms. The average Bonchev–Trinajstić information content (AvgIpc) is 2.96. The van der Waals surface area contributed by atoms with Gasteiger partial charge in [0.15, 0.2) is 0 Å². The highest BCUT2D eigenvalue weighted by Gasteiger charge is 2.40. The summed E-state index contributed by atoms with van der Waals surface area (Å²) < 4.78 is 0. The molecule has 44 heavy (non-hydrogen) atoms. The molecule has 246 valence electrons. The largest absolute Gasteiger partial charge is 0.391 e. The summed E-state index contributed by atoms with van der Waals surface area (Å²) in [4.78, 5) is 53.7. The van der Waals surface area contributed by atoms with Crippen LogP contribution in [0.1, 0.15) is 67.7 Å². The molecule has 0 fully saturated rings. The molecule has 0 aromatic rings. The maximum atomic E-state index is 12.3. The number of carbonyl (C=O) groups excluding carboxylic acids is 3. The summed E-state index contributed by atoms with van der Waals surface area (Å²) in [5, 5.41) is 46.8. The Balaban J connectivity index is 0.000000249. The van der Waals surface area contributed by atoms with Gasteiger partial charge in [-0.25, -0.2) is 4.99 Å². The van der Waals surface area contributed by atoms with Crippen molar-refractivity contribution in [3.63, 3.8) is 0 Å². The fourth-order valence-corrected chi connectivity index (χ4v) is 5.32. The smallest absolute Gasteiger partial charge is 0.237 e. The molecule has 0 aromatic heterocycles. The zero-order valence-corrected chi connectivity index (χ0v) is 26.7. The molecular weight excluding hydrogens is 570 g/mol. The summed E-state index contributed by atoms with van der Waals surface area (Å²) in [5.74, 6) is 0.358. The number of aliphatic imine (C=N–C) groups is 4. The summed E-state index contributed by atoms with van der Waals surface area (Å²) in [5.41, 5.74) is 0. The van der Waals surface area contributed by atoms with E-state index in [0.29, 0.717) is 55.8 Å². The van der Waals surface area contributed by atoms with Crippen LogP contribution in [0, 0.1) is 41.4 Å². The number of nitrogens with one attached hydrogen (secondary N) is 3. The van der Waals surface area contributed by atoms with Gasteiger partial charge in [-0.1, -0.05) is 34.6 Å². The predicted molar refractivity (Wildman–Crippen MR) is 166 cm³/mol. The molecule has 0 saturated heterocycles. The lowest BCUT2D eigenvalue weighted by atomic mass is 9.84. The van der Waals surface area contributed by atoms with Gasteiger partial charge in [0.1, 0.15) is 17.5 Å². The average molecular weight is 620 g/mol. The van der Waals surface area contributed by atoms with Crippen LogP contribution in [0.4, 0.5) is 0 Å². The number of nitrogens with zero attached hydrogens (tertiary/aromatic N) is 4. The first-order chi connectivity index (χ1) is 20.6. The minimum atomic E-state index is -0.930. The molecule has 14 nitrogen and oxygen atoms in total. The zero-order chi connectivity index (χ0) is 32.9. The minimum absolute atomic E-state index is 0.107. The van der Waals surface area contributed by atoms with Crippen molar-refractivity contribution in [3.8, 4) is 0 Å². The lowest BCUT2D eigenvalue weighted by Crippen LogP contribution is -2.53. The van der Waals surface area contributed by atoms with E-state index in [1.807, 2.05) is 20.8 Å². The van der Waals surface area contributed by atoms with Gasteiger partial charge in [-0.3, -0.25) is 35.0 Å². The molecular formula is C30H49N7O7. The molecule has 4 aliphatic rings. The summed E-state index contributed by atoms with van der Waals surface area (Å²) in [6.45, 7) is 13.8. The van der Waals surface area contributed by atoms with Crippen LogP contribution in [0.2, 0.25) is 0 Å². The van der Waals surface area contributed by atoms with Crippen molar-refractivity contribution in [1.82, 2.24) is 16.0 Å². The van der Waals surface area contributed by atoms with Gasteiger partial charge in [-0.05, 0) is 38.5 Å². The number of amides is 3. The Morgan fingerprint density at radius 1 is 0.795 bits per heavy atom. The Morgan fingerprint density at radius 3 is 1.73 bits per heavy atom. The third-order valence-corrected chi connectivity index (χ3v) is 8.67. The van der Waals surface area contributed by atoms with E-state index < -0.39 is 36.3 Å². The quantitative estimate of drug-likeness (QED) is 0.197. The van der Waals surface area contributed by atoms with Gasteiger partial charge >= 0.3 is 0 Å². The fourth-order valence-electron chi connectivity index (χ4n) is 5.32. The van der Waals surface area contributed by atoms with Crippen molar-refractivity contribution in [2.24, 2.45) is 61.4 Å². The van der Waals surface area contributed by atoms with E-state index in [1.54, 1.807) is 6.92 Å². The van der Waals surface area contributed by atoms with E-state index in [2.05, 4.69) is 49.8 Å². The Labute approximate surface area is 258 Å². The standard InChI is InChI=1S/C17H28N4O4.C13H21N3O3/c1-8(2)9(3)5-13(23)19-17-20-15-12(16(25)21-17)6-11(7-18-15)14(24)10(4)22;1-6(2)11-15-12-9(13(19)16-11)4-8(5-14-12)10(18)7(3)17/h8-12,14,22,24H,5-7H2,1-4H3,(H2,18,19,20,21,23,25);6-10,17-18H,4-5H2,1-3H3,(H,14,15,16,19)/t9?,10-,11+,12?,14-;7-,8+,9?,10-/m00/s1. The van der Waals surface area contributed by atoms with Crippen LogP contribution in [0.25, 0.3) is 0 Å².